The fraction of sp³-hybridized carbons (Fsp3) is 0.263. The van der Waals surface area contributed by atoms with E-state index in [1.165, 1.54) is 41.4 Å². The standard InChI is InChI=1S/C19H18FN3O3/c1-19(2,3)23-17(25)12-7-6-11(9-13(12)18(23)26)16(24)22-10-15-14(20)5-4-8-21-15/h4-9H,10H2,1-3H3,(H,22,24). The van der Waals surface area contributed by atoms with Crippen LogP contribution in [0.4, 0.5) is 4.39 Å². The van der Waals surface area contributed by atoms with Crippen molar-refractivity contribution in [2.75, 3.05) is 0 Å². The van der Waals surface area contributed by atoms with E-state index in [2.05, 4.69) is 10.3 Å². The number of hydrogen-bond acceptors (Lipinski definition) is 4. The van der Waals surface area contributed by atoms with Gasteiger partial charge in [0.1, 0.15) is 5.82 Å². The van der Waals surface area contributed by atoms with Crippen LogP contribution in [0.5, 0.6) is 0 Å². The third-order valence-electron chi connectivity index (χ3n) is 4.07. The van der Waals surface area contributed by atoms with Crippen molar-refractivity contribution in [3.8, 4) is 0 Å². The number of halogens is 1. The zero-order chi connectivity index (χ0) is 19.1. The Kier molecular flexibility index (Phi) is 4.31. The van der Waals surface area contributed by atoms with Gasteiger partial charge in [0.2, 0.25) is 0 Å². The predicted molar refractivity (Wildman–Crippen MR) is 92.1 cm³/mol. The summed E-state index contributed by atoms with van der Waals surface area (Å²) in [6, 6.07) is 7.06. The number of pyridine rings is 1. The number of amides is 3. The molecular weight excluding hydrogens is 337 g/mol. The Balaban J connectivity index is 1.81. The van der Waals surface area contributed by atoms with Crippen molar-refractivity contribution in [2.45, 2.75) is 32.9 Å². The van der Waals surface area contributed by atoms with Crippen LogP contribution in [0.15, 0.2) is 36.5 Å². The highest BCUT2D eigenvalue weighted by atomic mass is 19.1. The molecule has 3 amide bonds. The second-order valence-electron chi connectivity index (χ2n) is 6.99. The van der Waals surface area contributed by atoms with Gasteiger partial charge >= 0.3 is 0 Å². The maximum atomic E-state index is 13.6. The lowest BCUT2D eigenvalue weighted by atomic mass is 10.1. The van der Waals surface area contributed by atoms with Crippen LogP contribution in [0.25, 0.3) is 0 Å². The second kappa shape index (κ2) is 6.33. The molecule has 1 aliphatic heterocycles. The SMILES string of the molecule is CC(C)(C)N1C(=O)c2ccc(C(=O)NCc3ncccc3F)cc2C1=O. The van der Waals surface area contributed by atoms with E-state index in [4.69, 9.17) is 0 Å². The lowest BCUT2D eigenvalue weighted by Crippen LogP contribution is -2.45. The molecule has 1 N–H and O–H groups in total. The van der Waals surface area contributed by atoms with Gasteiger partial charge in [-0.15, -0.1) is 0 Å². The number of fused-ring (bicyclic) bond motifs is 1. The predicted octanol–water partition coefficient (Wildman–Crippen LogP) is 2.55. The van der Waals surface area contributed by atoms with Crippen LogP contribution in [-0.4, -0.2) is 33.1 Å². The Morgan fingerprint density at radius 1 is 1.15 bits per heavy atom. The zero-order valence-corrected chi connectivity index (χ0v) is 14.7. The minimum Gasteiger partial charge on any atom is -0.346 e. The fourth-order valence-corrected chi connectivity index (χ4v) is 2.81. The third kappa shape index (κ3) is 3.08. The third-order valence-corrected chi connectivity index (χ3v) is 4.07. The molecule has 0 radical (unpaired) electrons. The number of carbonyl (C=O) groups is 3. The lowest BCUT2D eigenvalue weighted by Gasteiger charge is -2.29. The largest absolute Gasteiger partial charge is 0.346 e. The van der Waals surface area contributed by atoms with Crippen molar-refractivity contribution < 1.29 is 18.8 Å². The van der Waals surface area contributed by atoms with Gasteiger partial charge in [0, 0.05) is 17.3 Å². The quantitative estimate of drug-likeness (QED) is 0.858. The van der Waals surface area contributed by atoms with E-state index in [-0.39, 0.29) is 34.8 Å². The van der Waals surface area contributed by atoms with Crippen molar-refractivity contribution in [3.05, 3.63) is 64.7 Å². The smallest absolute Gasteiger partial charge is 0.262 e. The van der Waals surface area contributed by atoms with Gasteiger partial charge in [-0.1, -0.05) is 0 Å². The molecule has 2 aromatic rings. The van der Waals surface area contributed by atoms with Crippen LogP contribution in [0.1, 0.15) is 57.5 Å². The van der Waals surface area contributed by atoms with Gasteiger partial charge in [0.15, 0.2) is 0 Å². The number of nitrogens with one attached hydrogen (secondary N) is 1. The van der Waals surface area contributed by atoms with Crippen molar-refractivity contribution in [1.29, 1.82) is 0 Å². The fourth-order valence-electron chi connectivity index (χ4n) is 2.81. The monoisotopic (exact) mass is 355 g/mol. The number of rotatable bonds is 3. The summed E-state index contributed by atoms with van der Waals surface area (Å²) in [6.45, 7) is 5.22. The first-order valence-electron chi connectivity index (χ1n) is 8.10. The number of aromatic nitrogens is 1. The maximum Gasteiger partial charge on any atom is 0.262 e. The number of hydrogen-bond donors (Lipinski definition) is 1. The lowest BCUT2D eigenvalue weighted by molar-refractivity contribution is 0.0507. The molecule has 2 heterocycles. The number of carbonyl (C=O) groups excluding carboxylic acids is 3. The second-order valence-corrected chi connectivity index (χ2v) is 6.99. The first-order chi connectivity index (χ1) is 12.2. The summed E-state index contributed by atoms with van der Waals surface area (Å²) in [5.41, 5.74) is 0.148. The van der Waals surface area contributed by atoms with Gasteiger partial charge in [-0.25, -0.2) is 4.39 Å². The molecule has 0 spiro atoms. The van der Waals surface area contributed by atoms with Crippen LogP contribution >= 0.6 is 0 Å². The Bertz CT molecular complexity index is 918. The van der Waals surface area contributed by atoms with E-state index in [0.29, 0.717) is 0 Å². The molecule has 7 heteroatoms. The van der Waals surface area contributed by atoms with Crippen molar-refractivity contribution in [3.63, 3.8) is 0 Å². The van der Waals surface area contributed by atoms with E-state index >= 15 is 0 Å². The maximum absolute atomic E-state index is 13.6. The molecule has 1 aromatic carbocycles. The molecule has 0 bridgehead atoms. The van der Waals surface area contributed by atoms with E-state index < -0.39 is 23.2 Å². The van der Waals surface area contributed by atoms with Crippen molar-refractivity contribution >= 4 is 17.7 Å². The molecule has 6 nitrogen and oxygen atoms in total. The van der Waals surface area contributed by atoms with E-state index in [0.717, 1.165) is 0 Å². The molecule has 0 atom stereocenters. The van der Waals surface area contributed by atoms with Crippen LogP contribution < -0.4 is 5.32 Å². The highest BCUT2D eigenvalue weighted by Crippen LogP contribution is 2.29. The number of benzene rings is 1. The molecule has 134 valence electrons. The van der Waals surface area contributed by atoms with Crippen molar-refractivity contribution in [1.82, 2.24) is 15.2 Å². The Morgan fingerprint density at radius 2 is 1.85 bits per heavy atom. The molecule has 3 rings (SSSR count). The Hall–Kier alpha value is -3.09. The van der Waals surface area contributed by atoms with Crippen LogP contribution in [0.2, 0.25) is 0 Å². The summed E-state index contributed by atoms with van der Waals surface area (Å²) in [5, 5.41) is 2.56. The van der Waals surface area contributed by atoms with Gasteiger partial charge in [0.25, 0.3) is 17.7 Å². The first-order valence-corrected chi connectivity index (χ1v) is 8.10. The Labute approximate surface area is 150 Å². The van der Waals surface area contributed by atoms with Crippen molar-refractivity contribution in [2.24, 2.45) is 0 Å². The summed E-state index contributed by atoms with van der Waals surface area (Å²) in [7, 11) is 0. The minimum atomic E-state index is -0.661. The molecule has 0 saturated carbocycles. The topological polar surface area (TPSA) is 79.4 Å². The van der Waals surface area contributed by atoms with E-state index in [1.54, 1.807) is 20.8 Å². The van der Waals surface area contributed by atoms with E-state index in [1.807, 2.05) is 0 Å². The highest BCUT2D eigenvalue weighted by molar-refractivity contribution is 6.22. The van der Waals surface area contributed by atoms with Crippen LogP contribution in [0.3, 0.4) is 0 Å². The summed E-state index contributed by atoms with van der Waals surface area (Å²) in [4.78, 5) is 42.4. The number of nitrogens with zero attached hydrogens (tertiary/aromatic N) is 2. The zero-order valence-electron chi connectivity index (χ0n) is 14.7. The molecule has 26 heavy (non-hydrogen) atoms. The summed E-state index contributed by atoms with van der Waals surface area (Å²) in [6.07, 6.45) is 1.44. The van der Waals surface area contributed by atoms with Crippen LogP contribution in [-0.2, 0) is 6.54 Å². The molecule has 1 aliphatic rings. The molecule has 0 unspecified atom stereocenters. The summed E-state index contributed by atoms with van der Waals surface area (Å²) in [5.74, 6) is -1.79. The van der Waals surface area contributed by atoms with Gasteiger partial charge < -0.3 is 5.32 Å². The molecule has 0 saturated heterocycles. The van der Waals surface area contributed by atoms with Gasteiger partial charge in [-0.05, 0) is 51.1 Å². The minimum absolute atomic E-state index is 0.0798. The summed E-state index contributed by atoms with van der Waals surface area (Å²) >= 11 is 0. The molecule has 0 fully saturated rings. The van der Waals surface area contributed by atoms with E-state index in [9.17, 15) is 18.8 Å². The average Bonchev–Trinajstić information content (AvgIpc) is 2.84. The highest BCUT2D eigenvalue weighted by Gasteiger charge is 2.42. The average molecular weight is 355 g/mol. The molecule has 1 aromatic heterocycles. The number of imide groups is 1. The molecule has 0 aliphatic carbocycles. The van der Waals surface area contributed by atoms with Crippen LogP contribution in [0, 0.1) is 5.82 Å². The summed E-state index contributed by atoms with van der Waals surface area (Å²) < 4.78 is 13.6. The van der Waals surface area contributed by atoms with Gasteiger partial charge in [-0.2, -0.15) is 0 Å². The van der Waals surface area contributed by atoms with Gasteiger partial charge in [0.05, 0.1) is 23.4 Å². The van der Waals surface area contributed by atoms with Gasteiger partial charge in [-0.3, -0.25) is 24.3 Å². The first kappa shape index (κ1) is 17.7. The normalized spacial score (nSPS) is 13.8. The molecular formula is C19H18FN3O3. The Morgan fingerprint density at radius 3 is 2.50 bits per heavy atom.